The van der Waals surface area contributed by atoms with Crippen LogP contribution in [0.4, 0.5) is 8.78 Å². The Morgan fingerprint density at radius 1 is 1.07 bits per heavy atom. The maximum Gasteiger partial charge on any atom is 0.262 e. The van der Waals surface area contributed by atoms with Crippen LogP contribution < -0.4 is 5.56 Å². The summed E-state index contributed by atoms with van der Waals surface area (Å²) in [6.45, 7) is 1.10. The number of hydrogen-bond donors (Lipinski definition) is 1. The van der Waals surface area contributed by atoms with Crippen LogP contribution in [-0.2, 0) is 6.54 Å². The van der Waals surface area contributed by atoms with E-state index in [-0.39, 0.29) is 11.3 Å². The third kappa shape index (κ3) is 3.10. The molecule has 0 aliphatic carbocycles. The smallest absolute Gasteiger partial charge is 0.262 e. The van der Waals surface area contributed by atoms with Crippen molar-refractivity contribution in [1.82, 2.24) is 4.57 Å². The van der Waals surface area contributed by atoms with Crippen molar-refractivity contribution in [3.05, 3.63) is 76.6 Å². The van der Waals surface area contributed by atoms with E-state index in [4.69, 9.17) is 0 Å². The lowest BCUT2D eigenvalue weighted by Gasteiger charge is -2.13. The topological polar surface area (TPSA) is 42.2 Å². The van der Waals surface area contributed by atoms with E-state index in [0.717, 1.165) is 20.6 Å². The molecule has 0 amide bonds. The maximum atomic E-state index is 13.3. The summed E-state index contributed by atoms with van der Waals surface area (Å²) in [5, 5.41) is 10.9. The van der Waals surface area contributed by atoms with Crippen molar-refractivity contribution in [2.75, 3.05) is 0 Å². The van der Waals surface area contributed by atoms with E-state index in [1.54, 1.807) is 18.2 Å². The summed E-state index contributed by atoms with van der Waals surface area (Å²) in [7, 11) is 0. The van der Waals surface area contributed by atoms with E-state index < -0.39 is 18.5 Å². The van der Waals surface area contributed by atoms with Gasteiger partial charge >= 0.3 is 0 Å². The fourth-order valence-electron chi connectivity index (χ4n) is 3.37. The van der Waals surface area contributed by atoms with Gasteiger partial charge in [-0.3, -0.25) is 4.79 Å². The predicted octanol–water partition coefficient (Wildman–Crippen LogP) is 5.68. The van der Waals surface area contributed by atoms with E-state index in [1.807, 2.05) is 49.4 Å². The molecule has 3 nitrogen and oxygen atoms in total. The summed E-state index contributed by atoms with van der Waals surface area (Å²) < 4.78 is 28.0. The van der Waals surface area contributed by atoms with Gasteiger partial charge in [0.1, 0.15) is 5.75 Å². The fourth-order valence-corrected chi connectivity index (χ4v) is 4.49. The van der Waals surface area contributed by atoms with Crippen molar-refractivity contribution in [1.29, 1.82) is 0 Å². The summed E-state index contributed by atoms with van der Waals surface area (Å²) >= 11 is 1.29. The molecule has 0 spiro atoms. The van der Waals surface area contributed by atoms with Crippen LogP contribution in [0.2, 0.25) is 0 Å². The van der Waals surface area contributed by atoms with Gasteiger partial charge in [0, 0.05) is 4.88 Å². The molecule has 0 saturated heterocycles. The second-order valence-electron chi connectivity index (χ2n) is 6.54. The van der Waals surface area contributed by atoms with Gasteiger partial charge in [-0.2, -0.15) is 0 Å². The van der Waals surface area contributed by atoms with Gasteiger partial charge in [-0.05, 0) is 29.7 Å². The molecule has 0 unspecified atom stereocenters. The van der Waals surface area contributed by atoms with Gasteiger partial charge < -0.3 is 9.67 Å². The number of hydrogen-bond acceptors (Lipinski definition) is 3. The Hall–Kier alpha value is -2.99. The Kier molecular flexibility index (Phi) is 4.73. The van der Waals surface area contributed by atoms with Crippen LogP contribution in [0.1, 0.15) is 5.56 Å². The van der Waals surface area contributed by atoms with E-state index in [0.29, 0.717) is 15.8 Å². The zero-order valence-electron chi connectivity index (χ0n) is 15.0. The van der Waals surface area contributed by atoms with Crippen molar-refractivity contribution >= 4 is 21.6 Å². The molecule has 142 valence electrons. The minimum atomic E-state index is -2.68. The zero-order valence-corrected chi connectivity index (χ0v) is 15.8. The van der Waals surface area contributed by atoms with Crippen LogP contribution in [0.25, 0.3) is 31.8 Å². The van der Waals surface area contributed by atoms with Gasteiger partial charge in [-0.25, -0.2) is 8.78 Å². The Bertz CT molecular complexity index is 1210. The number of aryl methyl sites for hydroxylation is 1. The predicted molar refractivity (Wildman–Crippen MR) is 109 cm³/mol. The summed E-state index contributed by atoms with van der Waals surface area (Å²) in [5.41, 5.74) is 2.01. The third-order valence-corrected chi connectivity index (χ3v) is 5.89. The molecule has 4 aromatic rings. The van der Waals surface area contributed by atoms with E-state index in [9.17, 15) is 18.7 Å². The standard InChI is InChI=1S/C22H17F2NO2S/c1-13-7-5-6-10-15(13)19-20(26)21-16(25(22(19)27)12-18(23)24)11-17(28-21)14-8-3-2-4-9-14/h2-11,18,26H,12H2,1H3. The number of aromatic hydroxyl groups is 1. The number of nitrogens with zero attached hydrogens (tertiary/aromatic N) is 1. The number of benzene rings is 2. The van der Waals surface area contributed by atoms with Crippen molar-refractivity contribution in [3.8, 4) is 27.3 Å². The molecule has 2 aromatic carbocycles. The van der Waals surface area contributed by atoms with Crippen LogP contribution in [0.3, 0.4) is 0 Å². The normalized spacial score (nSPS) is 11.4. The molecule has 1 N–H and O–H groups in total. The Labute approximate surface area is 164 Å². The molecule has 4 rings (SSSR count). The molecular formula is C22H17F2NO2S. The van der Waals surface area contributed by atoms with Gasteiger partial charge in [0.25, 0.3) is 12.0 Å². The van der Waals surface area contributed by atoms with Crippen LogP contribution >= 0.6 is 11.3 Å². The molecule has 0 aliphatic heterocycles. The maximum absolute atomic E-state index is 13.3. The molecule has 28 heavy (non-hydrogen) atoms. The number of rotatable bonds is 4. The second kappa shape index (κ2) is 7.20. The zero-order chi connectivity index (χ0) is 19.8. The van der Waals surface area contributed by atoms with Gasteiger partial charge in [-0.15, -0.1) is 11.3 Å². The number of halogens is 2. The van der Waals surface area contributed by atoms with Crippen molar-refractivity contribution in [2.24, 2.45) is 0 Å². The monoisotopic (exact) mass is 397 g/mol. The Morgan fingerprint density at radius 3 is 2.43 bits per heavy atom. The van der Waals surface area contributed by atoms with Gasteiger partial charge in [0.05, 0.1) is 22.3 Å². The summed E-state index contributed by atoms with van der Waals surface area (Å²) in [6.07, 6.45) is -2.68. The van der Waals surface area contributed by atoms with Crippen LogP contribution in [-0.4, -0.2) is 16.1 Å². The molecule has 0 radical (unpaired) electrons. The first-order valence-electron chi connectivity index (χ1n) is 8.76. The van der Waals surface area contributed by atoms with Crippen molar-refractivity contribution in [2.45, 2.75) is 19.9 Å². The minimum absolute atomic E-state index is 0.0627. The molecule has 0 bridgehead atoms. The van der Waals surface area contributed by atoms with Crippen LogP contribution in [0, 0.1) is 6.92 Å². The average Bonchev–Trinajstić information content (AvgIpc) is 3.13. The average molecular weight is 397 g/mol. The second-order valence-corrected chi connectivity index (χ2v) is 7.59. The van der Waals surface area contributed by atoms with E-state index in [2.05, 4.69) is 0 Å². The van der Waals surface area contributed by atoms with E-state index in [1.165, 1.54) is 11.3 Å². The highest BCUT2D eigenvalue weighted by Crippen LogP contribution is 2.42. The largest absolute Gasteiger partial charge is 0.506 e. The molecule has 2 heterocycles. The number of alkyl halides is 2. The lowest BCUT2D eigenvalue weighted by molar-refractivity contribution is 0.127. The summed E-state index contributed by atoms with van der Waals surface area (Å²) in [4.78, 5) is 13.9. The number of fused-ring (bicyclic) bond motifs is 1. The first kappa shape index (κ1) is 18.4. The number of aromatic nitrogens is 1. The Morgan fingerprint density at radius 2 is 1.75 bits per heavy atom. The highest BCUT2D eigenvalue weighted by molar-refractivity contribution is 7.22. The van der Waals surface area contributed by atoms with Gasteiger partial charge in [-0.1, -0.05) is 54.6 Å². The van der Waals surface area contributed by atoms with Crippen molar-refractivity contribution in [3.63, 3.8) is 0 Å². The quantitative estimate of drug-likeness (QED) is 0.482. The van der Waals surface area contributed by atoms with Crippen molar-refractivity contribution < 1.29 is 13.9 Å². The van der Waals surface area contributed by atoms with Gasteiger partial charge in [0.15, 0.2) is 0 Å². The van der Waals surface area contributed by atoms with Gasteiger partial charge in [0.2, 0.25) is 0 Å². The number of pyridine rings is 1. The first-order chi connectivity index (χ1) is 13.5. The molecule has 0 atom stereocenters. The van der Waals surface area contributed by atoms with Crippen LogP contribution in [0.5, 0.6) is 5.75 Å². The SMILES string of the molecule is Cc1ccccc1-c1c(O)c2sc(-c3ccccc3)cc2n(CC(F)F)c1=O. The van der Waals surface area contributed by atoms with E-state index >= 15 is 0 Å². The minimum Gasteiger partial charge on any atom is -0.506 e. The first-order valence-corrected chi connectivity index (χ1v) is 9.58. The third-order valence-electron chi connectivity index (χ3n) is 4.71. The lowest BCUT2D eigenvalue weighted by Crippen LogP contribution is -2.25. The summed E-state index contributed by atoms with van der Waals surface area (Å²) in [5.74, 6) is -0.160. The molecule has 6 heteroatoms. The molecule has 0 saturated carbocycles. The molecular weight excluding hydrogens is 380 g/mol. The highest BCUT2D eigenvalue weighted by Gasteiger charge is 2.23. The molecule has 0 aliphatic rings. The Balaban J connectivity index is 2.07. The van der Waals surface area contributed by atoms with Crippen LogP contribution in [0.15, 0.2) is 65.5 Å². The highest BCUT2D eigenvalue weighted by atomic mass is 32.1. The number of thiophene rings is 1. The summed E-state index contributed by atoms with van der Waals surface area (Å²) in [6, 6.07) is 18.3. The molecule has 0 fully saturated rings. The molecule has 2 aromatic heterocycles. The fraction of sp³-hybridized carbons (Fsp3) is 0.136. The lowest BCUT2D eigenvalue weighted by atomic mass is 10.0.